The molecule has 0 unspecified atom stereocenters. The van der Waals surface area contributed by atoms with Gasteiger partial charge in [-0.05, 0) is 19.9 Å². The van der Waals surface area contributed by atoms with E-state index >= 15 is 0 Å². The highest BCUT2D eigenvalue weighted by molar-refractivity contribution is 7.87. The molecule has 12 heteroatoms. The average Bonchev–Trinajstić information content (AvgIpc) is 2.63. The Labute approximate surface area is 178 Å². The van der Waals surface area contributed by atoms with E-state index in [2.05, 4.69) is 4.98 Å². The largest absolute Gasteiger partial charge is 0.452 e. The smallest absolute Gasteiger partial charge is 0.303 e. The summed E-state index contributed by atoms with van der Waals surface area (Å²) in [6.45, 7) is 3.89. The lowest BCUT2D eigenvalue weighted by molar-refractivity contribution is 0.0975. The van der Waals surface area contributed by atoms with Crippen LogP contribution in [0.15, 0.2) is 24.4 Å². The maximum Gasteiger partial charge on any atom is 0.303 e. The number of hydrogen-bond donors (Lipinski definition) is 1. The van der Waals surface area contributed by atoms with Gasteiger partial charge in [0.1, 0.15) is 17.4 Å². The number of halogens is 3. The number of nitrogens with one attached hydrogen (secondary N) is 1. The van der Waals surface area contributed by atoms with Crippen molar-refractivity contribution in [3.05, 3.63) is 46.6 Å². The maximum absolute atomic E-state index is 14.4. The molecule has 0 bridgehead atoms. The predicted molar refractivity (Wildman–Crippen MR) is 109 cm³/mol. The van der Waals surface area contributed by atoms with Gasteiger partial charge in [0.15, 0.2) is 11.6 Å². The van der Waals surface area contributed by atoms with Gasteiger partial charge in [-0.15, -0.1) is 0 Å². The first kappa shape index (κ1) is 23.8. The summed E-state index contributed by atoms with van der Waals surface area (Å²) < 4.78 is 59.8. The molecule has 0 saturated heterocycles. The lowest BCUT2D eigenvalue weighted by Gasteiger charge is -2.23. The number of nitrogens with zero attached hydrogens (tertiary/aromatic N) is 3. The van der Waals surface area contributed by atoms with Gasteiger partial charge >= 0.3 is 10.2 Å². The molecule has 1 amide bonds. The van der Waals surface area contributed by atoms with Crippen LogP contribution in [0.4, 0.5) is 14.6 Å². The van der Waals surface area contributed by atoms with Crippen molar-refractivity contribution in [1.29, 1.82) is 0 Å². The fourth-order valence-corrected chi connectivity index (χ4v) is 2.96. The van der Waals surface area contributed by atoms with Crippen LogP contribution in [0.25, 0.3) is 0 Å². The molecule has 1 aromatic heterocycles. The van der Waals surface area contributed by atoms with Gasteiger partial charge in [-0.3, -0.25) is 4.79 Å². The highest BCUT2D eigenvalue weighted by atomic mass is 35.5. The molecule has 0 saturated carbocycles. The molecular formula is C18H21ClF2N4O4S. The number of ether oxygens (including phenoxy) is 1. The zero-order valence-electron chi connectivity index (χ0n) is 16.9. The second-order valence-corrected chi connectivity index (χ2v) is 9.06. The third-order valence-corrected chi connectivity index (χ3v) is 5.78. The van der Waals surface area contributed by atoms with Crippen LogP contribution >= 0.6 is 11.6 Å². The number of pyridine rings is 1. The summed E-state index contributed by atoms with van der Waals surface area (Å²) in [6, 6.07) is 2.70. The van der Waals surface area contributed by atoms with Gasteiger partial charge in [0, 0.05) is 39.3 Å². The van der Waals surface area contributed by atoms with Crippen LogP contribution in [0.1, 0.15) is 24.2 Å². The molecule has 0 atom stereocenters. The molecule has 0 spiro atoms. The molecule has 2 rings (SSSR count). The van der Waals surface area contributed by atoms with Gasteiger partial charge in [-0.2, -0.15) is 12.7 Å². The van der Waals surface area contributed by atoms with Crippen molar-refractivity contribution < 1.29 is 26.7 Å². The van der Waals surface area contributed by atoms with E-state index in [0.717, 1.165) is 0 Å². The van der Waals surface area contributed by atoms with Crippen LogP contribution in [-0.2, 0) is 10.2 Å². The van der Waals surface area contributed by atoms with E-state index in [4.69, 9.17) is 16.3 Å². The molecule has 1 aromatic carbocycles. The summed E-state index contributed by atoms with van der Waals surface area (Å²) in [5.74, 6) is -3.57. The molecule has 1 heterocycles. The molecular weight excluding hydrogens is 442 g/mol. The lowest BCUT2D eigenvalue weighted by atomic mass is 10.2. The summed E-state index contributed by atoms with van der Waals surface area (Å²) in [4.78, 5) is 18.0. The third-order valence-electron chi connectivity index (χ3n) is 4.10. The van der Waals surface area contributed by atoms with Crippen LogP contribution in [0, 0.1) is 11.6 Å². The number of amides is 1. The van der Waals surface area contributed by atoms with Crippen molar-refractivity contribution in [3.8, 4) is 11.5 Å². The van der Waals surface area contributed by atoms with Gasteiger partial charge in [0.2, 0.25) is 0 Å². The molecule has 0 fully saturated rings. The first-order valence-electron chi connectivity index (χ1n) is 8.63. The second-order valence-electron chi connectivity index (χ2n) is 6.76. The summed E-state index contributed by atoms with van der Waals surface area (Å²) >= 11 is 6.19. The van der Waals surface area contributed by atoms with E-state index in [0.29, 0.717) is 22.3 Å². The number of anilines is 1. The van der Waals surface area contributed by atoms with Crippen molar-refractivity contribution >= 4 is 33.5 Å². The van der Waals surface area contributed by atoms with Gasteiger partial charge in [-0.25, -0.2) is 18.5 Å². The van der Waals surface area contributed by atoms with E-state index in [9.17, 15) is 22.0 Å². The number of hydrogen-bond acceptors (Lipinski definition) is 6. The van der Waals surface area contributed by atoms with Gasteiger partial charge in [0.25, 0.3) is 5.91 Å². The Bertz CT molecular complexity index is 1060. The van der Waals surface area contributed by atoms with Gasteiger partial charge in [-0.1, -0.05) is 11.6 Å². The Morgan fingerprint density at radius 1 is 1.17 bits per heavy atom. The Balaban J connectivity index is 2.28. The number of benzene rings is 1. The molecule has 0 radical (unpaired) electrons. The minimum absolute atomic E-state index is 0.0478. The van der Waals surface area contributed by atoms with E-state index in [1.807, 2.05) is 18.7 Å². The minimum Gasteiger partial charge on any atom is -0.452 e. The molecule has 30 heavy (non-hydrogen) atoms. The highest BCUT2D eigenvalue weighted by Gasteiger charge is 2.23. The zero-order valence-corrected chi connectivity index (χ0v) is 18.5. The standard InChI is InChI=1S/C18H21ClF2N4O4S/c1-10(2)25(5)17-13(19)6-11(9-22-17)29-16-8-14(20)12(7-15(16)21)18(26)23-30(27,28)24(3)4/h6-10H,1-5H3,(H,23,26). The fourth-order valence-electron chi connectivity index (χ4n) is 2.14. The quantitative estimate of drug-likeness (QED) is 0.679. The normalized spacial score (nSPS) is 11.7. The van der Waals surface area contributed by atoms with Crippen molar-refractivity contribution in [2.24, 2.45) is 0 Å². The predicted octanol–water partition coefficient (Wildman–Crippen LogP) is 3.19. The van der Waals surface area contributed by atoms with Crippen LogP contribution in [0.3, 0.4) is 0 Å². The minimum atomic E-state index is -4.17. The van der Waals surface area contributed by atoms with Crippen LogP contribution in [0.2, 0.25) is 5.02 Å². The van der Waals surface area contributed by atoms with Crippen LogP contribution < -0.4 is 14.4 Å². The van der Waals surface area contributed by atoms with Crippen molar-refractivity contribution in [3.63, 3.8) is 0 Å². The van der Waals surface area contributed by atoms with E-state index in [-0.39, 0.29) is 16.8 Å². The molecule has 0 aliphatic heterocycles. The Hall–Kier alpha value is -2.50. The van der Waals surface area contributed by atoms with Crippen LogP contribution in [0.5, 0.6) is 11.5 Å². The van der Waals surface area contributed by atoms with Crippen molar-refractivity contribution in [1.82, 2.24) is 14.0 Å². The number of rotatable bonds is 7. The SMILES string of the molecule is CC(C)N(C)c1ncc(Oc2cc(F)c(C(=O)NS(=O)(=O)N(C)C)cc2F)cc1Cl. The molecule has 1 N–H and O–H groups in total. The van der Waals surface area contributed by atoms with Gasteiger partial charge < -0.3 is 9.64 Å². The Morgan fingerprint density at radius 2 is 1.80 bits per heavy atom. The summed E-state index contributed by atoms with van der Waals surface area (Å²) in [7, 11) is -0.0222. The number of carbonyl (C=O) groups is 1. The second kappa shape index (κ2) is 9.11. The van der Waals surface area contributed by atoms with E-state index < -0.39 is 39.1 Å². The maximum atomic E-state index is 14.4. The first-order chi connectivity index (χ1) is 13.8. The monoisotopic (exact) mass is 462 g/mol. The average molecular weight is 463 g/mol. The van der Waals surface area contributed by atoms with Crippen LogP contribution in [-0.4, -0.2) is 50.8 Å². The lowest BCUT2D eigenvalue weighted by Crippen LogP contribution is -2.39. The Kier molecular flexibility index (Phi) is 7.22. The molecule has 164 valence electrons. The molecule has 2 aromatic rings. The first-order valence-corrected chi connectivity index (χ1v) is 10.4. The van der Waals surface area contributed by atoms with Crippen molar-refractivity contribution in [2.75, 3.05) is 26.0 Å². The molecule has 8 nitrogen and oxygen atoms in total. The number of carbonyl (C=O) groups excluding carboxylic acids is 1. The molecule has 0 aliphatic carbocycles. The van der Waals surface area contributed by atoms with Crippen molar-refractivity contribution in [2.45, 2.75) is 19.9 Å². The van der Waals surface area contributed by atoms with E-state index in [1.165, 1.54) is 26.4 Å². The number of aromatic nitrogens is 1. The van der Waals surface area contributed by atoms with E-state index in [1.54, 1.807) is 11.8 Å². The van der Waals surface area contributed by atoms with Gasteiger partial charge in [0.05, 0.1) is 16.8 Å². The summed E-state index contributed by atoms with van der Waals surface area (Å²) in [5.41, 5.74) is -0.796. The topological polar surface area (TPSA) is 91.8 Å². The Morgan fingerprint density at radius 3 is 2.33 bits per heavy atom. The summed E-state index contributed by atoms with van der Waals surface area (Å²) in [5, 5.41) is 0.245. The fraction of sp³-hybridized carbons (Fsp3) is 0.333. The highest BCUT2D eigenvalue weighted by Crippen LogP contribution is 2.32. The third kappa shape index (κ3) is 5.35. The molecule has 0 aliphatic rings. The summed E-state index contributed by atoms with van der Waals surface area (Å²) in [6.07, 6.45) is 1.29. The zero-order chi connectivity index (χ0) is 22.8.